The second kappa shape index (κ2) is 7.80. The minimum atomic E-state index is -0.379. The highest BCUT2D eigenvalue weighted by Crippen LogP contribution is 2.50. The molecule has 1 aliphatic heterocycles. The molecule has 0 spiro atoms. The second-order valence-electron chi connectivity index (χ2n) is 7.50. The first-order valence-electron chi connectivity index (χ1n) is 9.72. The zero-order valence-corrected chi connectivity index (χ0v) is 16.4. The lowest BCUT2D eigenvalue weighted by Gasteiger charge is -2.35. The summed E-state index contributed by atoms with van der Waals surface area (Å²) in [6, 6.07) is 11.7. The number of nitrogens with zero attached hydrogens (tertiary/aromatic N) is 2. The van der Waals surface area contributed by atoms with E-state index in [4.69, 9.17) is 14.2 Å². The van der Waals surface area contributed by atoms with Crippen molar-refractivity contribution in [2.45, 2.75) is 31.3 Å². The van der Waals surface area contributed by atoms with E-state index in [1.54, 1.807) is 13.3 Å². The molecule has 2 heterocycles. The molecule has 1 saturated carbocycles. The molecule has 6 nitrogen and oxygen atoms in total. The van der Waals surface area contributed by atoms with E-state index in [-0.39, 0.29) is 17.4 Å². The van der Waals surface area contributed by atoms with E-state index < -0.39 is 0 Å². The Balaban J connectivity index is 1.38. The normalized spacial score (nSPS) is 20.5. The van der Waals surface area contributed by atoms with Crippen molar-refractivity contribution in [3.8, 4) is 11.5 Å². The Morgan fingerprint density at radius 3 is 2.61 bits per heavy atom. The number of pyridine rings is 1. The molecule has 148 valence electrons. The summed E-state index contributed by atoms with van der Waals surface area (Å²) in [6.07, 6.45) is 3.37. The summed E-state index contributed by atoms with van der Waals surface area (Å²) in [5, 5.41) is 0. The van der Waals surface area contributed by atoms with Crippen LogP contribution < -0.4 is 9.47 Å². The maximum atomic E-state index is 13.3. The molecule has 2 aromatic rings. The molecule has 28 heavy (non-hydrogen) atoms. The summed E-state index contributed by atoms with van der Waals surface area (Å²) in [4.78, 5) is 19.4. The Bertz CT molecular complexity index is 815. The van der Waals surface area contributed by atoms with Gasteiger partial charge in [0.25, 0.3) is 0 Å². The smallest absolute Gasteiger partial charge is 0.233 e. The molecule has 0 bridgehead atoms. The number of ether oxygens (including phenoxy) is 3. The van der Waals surface area contributed by atoms with E-state index in [1.165, 1.54) is 0 Å². The molecular weight excluding hydrogens is 356 g/mol. The average Bonchev–Trinajstić information content (AvgIpc) is 3.55. The number of rotatable bonds is 6. The molecule has 1 aliphatic carbocycles. The van der Waals surface area contributed by atoms with Gasteiger partial charge in [-0.15, -0.1) is 0 Å². The Hall–Kier alpha value is -2.60. The van der Waals surface area contributed by atoms with Crippen LogP contribution in [0.4, 0.5) is 0 Å². The number of aryl methyl sites for hydroxylation is 1. The summed E-state index contributed by atoms with van der Waals surface area (Å²) in [5.41, 5.74) is 1.64. The summed E-state index contributed by atoms with van der Waals surface area (Å²) in [5.74, 6) is 1.72. The molecule has 0 N–H and O–H groups in total. The van der Waals surface area contributed by atoms with Crippen LogP contribution in [0.15, 0.2) is 42.6 Å². The molecule has 4 rings (SSSR count). The molecule has 1 saturated heterocycles. The van der Waals surface area contributed by atoms with Crippen molar-refractivity contribution >= 4 is 5.91 Å². The zero-order valence-electron chi connectivity index (χ0n) is 16.4. The minimum Gasteiger partial charge on any atom is -0.497 e. The number of hydrogen-bond donors (Lipinski definition) is 0. The van der Waals surface area contributed by atoms with Gasteiger partial charge in [0.05, 0.1) is 31.9 Å². The number of benzene rings is 1. The number of amides is 1. The Kier molecular flexibility index (Phi) is 5.22. The van der Waals surface area contributed by atoms with Crippen LogP contribution in [-0.4, -0.2) is 55.3 Å². The van der Waals surface area contributed by atoms with Gasteiger partial charge in [-0.1, -0.05) is 12.1 Å². The third kappa shape index (κ3) is 3.83. The first-order valence-corrected chi connectivity index (χ1v) is 9.72. The number of methoxy groups -OCH3 is 1. The largest absolute Gasteiger partial charge is 0.497 e. The average molecular weight is 382 g/mol. The van der Waals surface area contributed by atoms with Crippen molar-refractivity contribution in [3.63, 3.8) is 0 Å². The lowest BCUT2D eigenvalue weighted by atomic mass is 9.94. The quantitative estimate of drug-likeness (QED) is 0.769. The highest BCUT2D eigenvalue weighted by atomic mass is 16.5. The van der Waals surface area contributed by atoms with Crippen LogP contribution >= 0.6 is 0 Å². The van der Waals surface area contributed by atoms with Gasteiger partial charge in [-0.05, 0) is 49.6 Å². The monoisotopic (exact) mass is 382 g/mol. The van der Waals surface area contributed by atoms with Crippen LogP contribution in [0.3, 0.4) is 0 Å². The SMILES string of the molecule is COc1ccc(C2(C(=O)N3CCOC(COc4ccc(C)nc4)C3)CC2)cc1. The summed E-state index contributed by atoms with van der Waals surface area (Å²) >= 11 is 0. The molecular formula is C22H26N2O4. The Morgan fingerprint density at radius 2 is 1.96 bits per heavy atom. The van der Waals surface area contributed by atoms with E-state index in [9.17, 15) is 4.79 Å². The minimum absolute atomic E-state index is 0.134. The second-order valence-corrected chi connectivity index (χ2v) is 7.50. The predicted octanol–water partition coefficient (Wildman–Crippen LogP) is 2.74. The van der Waals surface area contributed by atoms with Gasteiger partial charge in [-0.3, -0.25) is 9.78 Å². The summed E-state index contributed by atoms with van der Waals surface area (Å²) in [7, 11) is 1.65. The first kappa shape index (κ1) is 18.7. The van der Waals surface area contributed by atoms with Crippen LogP contribution in [0.2, 0.25) is 0 Å². The van der Waals surface area contributed by atoms with Crippen molar-refractivity contribution in [2.24, 2.45) is 0 Å². The van der Waals surface area contributed by atoms with Crippen LogP contribution in [0.5, 0.6) is 11.5 Å². The molecule has 0 radical (unpaired) electrons. The lowest BCUT2D eigenvalue weighted by Crippen LogP contribution is -2.50. The molecule has 6 heteroatoms. The van der Waals surface area contributed by atoms with Crippen LogP contribution in [-0.2, 0) is 14.9 Å². The van der Waals surface area contributed by atoms with E-state index in [1.807, 2.05) is 48.2 Å². The number of aromatic nitrogens is 1. The van der Waals surface area contributed by atoms with Gasteiger partial charge in [0.15, 0.2) is 0 Å². The fourth-order valence-corrected chi connectivity index (χ4v) is 3.70. The van der Waals surface area contributed by atoms with Crippen molar-refractivity contribution in [1.82, 2.24) is 9.88 Å². The Morgan fingerprint density at radius 1 is 1.21 bits per heavy atom. The number of morpholine rings is 1. The highest BCUT2D eigenvalue weighted by molar-refractivity contribution is 5.91. The maximum absolute atomic E-state index is 13.3. The fourth-order valence-electron chi connectivity index (χ4n) is 3.70. The molecule has 1 atom stereocenters. The molecule has 2 fully saturated rings. The van der Waals surface area contributed by atoms with Crippen molar-refractivity contribution in [2.75, 3.05) is 33.4 Å². The van der Waals surface area contributed by atoms with Gasteiger partial charge < -0.3 is 19.1 Å². The maximum Gasteiger partial charge on any atom is 0.233 e. The van der Waals surface area contributed by atoms with Crippen LogP contribution in [0.25, 0.3) is 0 Å². The van der Waals surface area contributed by atoms with Crippen molar-refractivity contribution in [1.29, 1.82) is 0 Å². The lowest BCUT2D eigenvalue weighted by molar-refractivity contribution is -0.142. The van der Waals surface area contributed by atoms with E-state index >= 15 is 0 Å². The van der Waals surface area contributed by atoms with Crippen molar-refractivity contribution < 1.29 is 19.0 Å². The third-order valence-electron chi connectivity index (χ3n) is 5.55. The highest BCUT2D eigenvalue weighted by Gasteiger charge is 2.53. The van der Waals surface area contributed by atoms with Gasteiger partial charge in [-0.25, -0.2) is 0 Å². The first-order chi connectivity index (χ1) is 13.6. The predicted molar refractivity (Wildman–Crippen MR) is 105 cm³/mol. The van der Waals surface area contributed by atoms with Gasteiger partial charge in [0.1, 0.15) is 24.2 Å². The Labute approximate surface area is 165 Å². The topological polar surface area (TPSA) is 60.9 Å². The molecule has 1 aromatic heterocycles. The van der Waals surface area contributed by atoms with E-state index in [0.717, 1.165) is 35.6 Å². The molecule has 1 amide bonds. The third-order valence-corrected chi connectivity index (χ3v) is 5.55. The molecule has 1 aromatic carbocycles. The number of carbonyl (C=O) groups excluding carboxylic acids is 1. The molecule has 1 unspecified atom stereocenters. The van der Waals surface area contributed by atoms with Crippen LogP contribution in [0.1, 0.15) is 24.1 Å². The van der Waals surface area contributed by atoms with E-state index in [2.05, 4.69) is 4.98 Å². The van der Waals surface area contributed by atoms with Crippen molar-refractivity contribution in [3.05, 3.63) is 53.9 Å². The van der Waals surface area contributed by atoms with Gasteiger partial charge >= 0.3 is 0 Å². The molecule has 2 aliphatic rings. The summed E-state index contributed by atoms with van der Waals surface area (Å²) in [6.45, 7) is 4.05. The van der Waals surface area contributed by atoms with E-state index in [0.29, 0.717) is 26.3 Å². The summed E-state index contributed by atoms with van der Waals surface area (Å²) < 4.78 is 16.9. The van der Waals surface area contributed by atoms with Gasteiger partial charge in [0, 0.05) is 12.2 Å². The zero-order chi connectivity index (χ0) is 19.6. The fraction of sp³-hybridized carbons (Fsp3) is 0.455. The van der Waals surface area contributed by atoms with Gasteiger partial charge in [-0.2, -0.15) is 0 Å². The number of carbonyl (C=O) groups is 1. The number of hydrogen-bond acceptors (Lipinski definition) is 5. The standard InChI is InChI=1S/C22H26N2O4/c1-16-3-6-19(13-23-16)28-15-20-14-24(11-12-27-20)21(25)22(9-10-22)17-4-7-18(26-2)8-5-17/h3-8,13,20H,9-12,14-15H2,1-2H3. The van der Waals surface area contributed by atoms with Gasteiger partial charge in [0.2, 0.25) is 5.91 Å². The van der Waals surface area contributed by atoms with Crippen LogP contribution in [0, 0.1) is 6.92 Å².